The van der Waals surface area contributed by atoms with E-state index in [2.05, 4.69) is 156 Å². The Morgan fingerprint density at radius 3 is 1.62 bits per heavy atom. The van der Waals surface area contributed by atoms with Gasteiger partial charge in [0.2, 0.25) is 0 Å². The summed E-state index contributed by atoms with van der Waals surface area (Å²) < 4.78 is 0. The van der Waals surface area contributed by atoms with Crippen LogP contribution >= 0.6 is 0 Å². The molecule has 2 heterocycles. The van der Waals surface area contributed by atoms with Gasteiger partial charge in [0.1, 0.15) is 0 Å². The quantitative estimate of drug-likeness (QED) is 0.223. The fourth-order valence-electron chi connectivity index (χ4n) is 6.16. The van der Waals surface area contributed by atoms with Crippen molar-refractivity contribution in [2.45, 2.75) is 52.4 Å². The Morgan fingerprint density at radius 2 is 1.02 bits per heavy atom. The van der Waals surface area contributed by atoms with E-state index >= 15 is 0 Å². The molecule has 0 saturated carbocycles. The van der Waals surface area contributed by atoms with Gasteiger partial charge >= 0.3 is 0 Å². The van der Waals surface area contributed by atoms with Gasteiger partial charge in [-0.3, -0.25) is 4.98 Å². The highest BCUT2D eigenvalue weighted by Crippen LogP contribution is 2.36. The molecule has 0 unspecified atom stereocenters. The molecule has 0 aliphatic heterocycles. The summed E-state index contributed by atoms with van der Waals surface area (Å²) in [5, 5.41) is 2.41. The zero-order chi connectivity index (χ0) is 31.3. The summed E-state index contributed by atoms with van der Waals surface area (Å²) in [4.78, 5) is 13.5. The molecule has 1 N–H and O–H groups in total. The average Bonchev–Trinajstić information content (AvgIpc) is 3.43. The van der Waals surface area contributed by atoms with Crippen LogP contribution in [0.25, 0.3) is 66.6 Å². The van der Waals surface area contributed by atoms with E-state index in [1.54, 1.807) is 0 Å². The Kier molecular flexibility index (Phi) is 6.93. The van der Waals surface area contributed by atoms with Crippen LogP contribution in [0.1, 0.15) is 52.7 Å². The molecule has 0 aliphatic rings. The fourth-order valence-corrected chi connectivity index (χ4v) is 6.16. The second-order valence-corrected chi connectivity index (χ2v) is 14.1. The number of nitrogens with zero attached hydrogens (tertiary/aromatic N) is 2. The van der Waals surface area contributed by atoms with Crippen LogP contribution in [0.3, 0.4) is 0 Å². The number of rotatable bonds is 4. The molecule has 0 fully saturated rings. The molecule has 0 bridgehead atoms. The van der Waals surface area contributed by atoms with Crippen LogP contribution in [0.5, 0.6) is 0 Å². The highest BCUT2D eigenvalue weighted by molar-refractivity contribution is 6.11. The van der Waals surface area contributed by atoms with Gasteiger partial charge < -0.3 is 4.98 Å². The second-order valence-electron chi connectivity index (χ2n) is 14.1. The third kappa shape index (κ3) is 5.55. The molecular weight excluding hydrogens is 546 g/mol. The lowest BCUT2D eigenvalue weighted by atomic mass is 9.85. The number of fused-ring (bicyclic) bond motifs is 3. The van der Waals surface area contributed by atoms with Gasteiger partial charge in [0, 0.05) is 27.4 Å². The van der Waals surface area contributed by atoms with E-state index in [1.165, 1.54) is 33.0 Å². The van der Waals surface area contributed by atoms with Crippen molar-refractivity contribution in [3.05, 3.63) is 133 Å². The van der Waals surface area contributed by atoms with E-state index in [0.717, 1.165) is 44.7 Å². The minimum atomic E-state index is 0.101. The first kappa shape index (κ1) is 28.7. The molecule has 2 aromatic heterocycles. The third-order valence-corrected chi connectivity index (χ3v) is 8.85. The molecule has 0 atom stereocenters. The average molecular weight is 586 g/mol. The Bertz CT molecular complexity index is 2080. The zero-order valence-electron chi connectivity index (χ0n) is 26.9. The smallest absolute Gasteiger partial charge is 0.0913 e. The van der Waals surface area contributed by atoms with Gasteiger partial charge in [-0.05, 0) is 68.5 Å². The van der Waals surface area contributed by atoms with E-state index in [-0.39, 0.29) is 10.8 Å². The lowest BCUT2D eigenvalue weighted by Gasteiger charge is -2.20. The molecule has 0 amide bonds. The summed E-state index contributed by atoms with van der Waals surface area (Å²) in [6, 6.07) is 39.6. The zero-order valence-corrected chi connectivity index (χ0v) is 26.9. The number of hydrogen-bond donors (Lipinski definition) is 1. The van der Waals surface area contributed by atoms with Crippen molar-refractivity contribution in [1.29, 1.82) is 0 Å². The maximum atomic E-state index is 5.21. The standard InChI is InChI=1S/C42H39N3/c1-41(2,3)32-18-14-27(15-19-32)29-22-30(28-16-20-33(21-17-28)42(4,5)6)24-31(23-29)38-25-43-26-39(44-38)36-12-9-11-35-34-10-7-8-13-37(34)45-40(35)36/h7-26,45H,1-6H3. The largest absolute Gasteiger partial charge is 0.354 e. The highest BCUT2D eigenvalue weighted by atomic mass is 14.8. The van der Waals surface area contributed by atoms with Crippen molar-refractivity contribution >= 4 is 21.8 Å². The molecule has 45 heavy (non-hydrogen) atoms. The van der Waals surface area contributed by atoms with E-state index in [9.17, 15) is 0 Å². The number of H-pyrrole nitrogens is 1. The summed E-state index contributed by atoms with van der Waals surface area (Å²) in [5.74, 6) is 0. The molecule has 3 heteroatoms. The molecule has 0 spiro atoms. The second kappa shape index (κ2) is 10.9. The summed E-state index contributed by atoms with van der Waals surface area (Å²) in [7, 11) is 0. The number of nitrogens with one attached hydrogen (secondary N) is 1. The van der Waals surface area contributed by atoms with Crippen LogP contribution in [0.2, 0.25) is 0 Å². The number of aromatic nitrogens is 3. The molecule has 0 saturated heterocycles. The van der Waals surface area contributed by atoms with Crippen molar-refractivity contribution in [2.24, 2.45) is 0 Å². The van der Waals surface area contributed by atoms with Crippen LogP contribution in [0, 0.1) is 0 Å². The number of hydrogen-bond acceptors (Lipinski definition) is 2. The maximum absolute atomic E-state index is 5.21. The van der Waals surface area contributed by atoms with Gasteiger partial charge in [0.15, 0.2) is 0 Å². The van der Waals surface area contributed by atoms with Gasteiger partial charge in [-0.2, -0.15) is 0 Å². The monoisotopic (exact) mass is 585 g/mol. The number of aromatic amines is 1. The van der Waals surface area contributed by atoms with E-state index in [4.69, 9.17) is 9.97 Å². The summed E-state index contributed by atoms with van der Waals surface area (Å²) in [6.07, 6.45) is 3.74. The highest BCUT2D eigenvalue weighted by Gasteiger charge is 2.17. The van der Waals surface area contributed by atoms with Gasteiger partial charge in [-0.25, -0.2) is 4.98 Å². The minimum Gasteiger partial charge on any atom is -0.354 e. The van der Waals surface area contributed by atoms with Gasteiger partial charge in [0.05, 0.1) is 29.3 Å². The first-order valence-corrected chi connectivity index (χ1v) is 15.7. The Hall–Kier alpha value is -5.02. The SMILES string of the molecule is CC(C)(C)c1ccc(-c2cc(-c3ccc(C(C)(C)C)cc3)cc(-c3cncc(-c4cccc5c4[nH]c4ccccc45)n3)c2)cc1. The van der Waals surface area contributed by atoms with Crippen molar-refractivity contribution < 1.29 is 0 Å². The molecule has 3 nitrogen and oxygen atoms in total. The predicted molar refractivity (Wildman–Crippen MR) is 191 cm³/mol. The topological polar surface area (TPSA) is 41.6 Å². The first-order valence-electron chi connectivity index (χ1n) is 15.7. The maximum Gasteiger partial charge on any atom is 0.0913 e. The third-order valence-electron chi connectivity index (χ3n) is 8.85. The number of para-hydroxylation sites is 2. The molecule has 0 aliphatic carbocycles. The summed E-state index contributed by atoms with van der Waals surface area (Å²) >= 11 is 0. The fraction of sp³-hybridized carbons (Fsp3) is 0.190. The minimum absolute atomic E-state index is 0.101. The summed E-state index contributed by atoms with van der Waals surface area (Å²) in [5.41, 5.74) is 13.5. The molecule has 5 aromatic carbocycles. The molecule has 222 valence electrons. The van der Waals surface area contributed by atoms with Crippen molar-refractivity contribution in [1.82, 2.24) is 15.0 Å². The van der Waals surface area contributed by atoms with Gasteiger partial charge in [-0.1, -0.05) is 126 Å². The Balaban J connectivity index is 1.36. The van der Waals surface area contributed by atoms with Crippen LogP contribution in [-0.4, -0.2) is 15.0 Å². The van der Waals surface area contributed by atoms with Gasteiger partial charge in [0.25, 0.3) is 0 Å². The van der Waals surface area contributed by atoms with Crippen LogP contribution in [0.15, 0.2) is 122 Å². The van der Waals surface area contributed by atoms with Gasteiger partial charge in [-0.15, -0.1) is 0 Å². The lowest BCUT2D eigenvalue weighted by molar-refractivity contribution is 0.590. The Morgan fingerprint density at radius 1 is 0.489 bits per heavy atom. The predicted octanol–water partition coefficient (Wildman–Crippen LogP) is 11.4. The van der Waals surface area contributed by atoms with E-state index in [0.29, 0.717) is 0 Å². The molecule has 0 radical (unpaired) electrons. The molecule has 7 rings (SSSR count). The Labute approximate surface area is 266 Å². The van der Waals surface area contributed by atoms with E-state index in [1.807, 2.05) is 12.4 Å². The number of benzene rings is 5. The lowest BCUT2D eigenvalue weighted by Crippen LogP contribution is -2.10. The van der Waals surface area contributed by atoms with Crippen molar-refractivity contribution in [3.63, 3.8) is 0 Å². The van der Waals surface area contributed by atoms with Crippen molar-refractivity contribution in [3.8, 4) is 44.8 Å². The van der Waals surface area contributed by atoms with Crippen LogP contribution < -0.4 is 0 Å². The van der Waals surface area contributed by atoms with Crippen LogP contribution in [0.4, 0.5) is 0 Å². The molecular formula is C42H39N3. The normalized spacial score (nSPS) is 12.2. The first-order chi connectivity index (χ1) is 21.5. The molecule has 7 aromatic rings. The van der Waals surface area contributed by atoms with Crippen LogP contribution in [-0.2, 0) is 10.8 Å². The van der Waals surface area contributed by atoms with Crippen molar-refractivity contribution in [2.75, 3.05) is 0 Å². The summed E-state index contributed by atoms with van der Waals surface area (Å²) in [6.45, 7) is 13.5. The van der Waals surface area contributed by atoms with E-state index < -0.39 is 0 Å².